The van der Waals surface area contributed by atoms with Crippen LogP contribution in [0.3, 0.4) is 0 Å². The third-order valence-electron chi connectivity index (χ3n) is 3.45. The first-order chi connectivity index (χ1) is 12.6. The van der Waals surface area contributed by atoms with Crippen molar-refractivity contribution in [3.05, 3.63) is 4.91 Å². The van der Waals surface area contributed by atoms with Gasteiger partial charge in [0.1, 0.15) is 5.59 Å². The Kier molecular flexibility index (Phi) is 24.1. The van der Waals surface area contributed by atoms with E-state index in [9.17, 15) is 34.5 Å². The average molecular weight is 491 g/mol. The van der Waals surface area contributed by atoms with E-state index in [-0.39, 0.29) is 16.8 Å². The van der Waals surface area contributed by atoms with Gasteiger partial charge in [-0.1, -0.05) is 0 Å². The van der Waals surface area contributed by atoms with Gasteiger partial charge in [-0.3, -0.25) is 0 Å². The third-order valence-corrected chi connectivity index (χ3v) is 3.45. The molecule has 0 spiro atoms. The molecule has 1 aliphatic rings. The SMILES string of the molecule is CN1CCN(C)CCN(C)CCN(C)CC1.F[B-](F)(F)F.F[B-](F)(F)F.[Co+2].[N]=O. The number of nitrogens with zero attached hydrogens (tertiary/aromatic N) is 5. The molecule has 0 aromatic carbocycles. The molecule has 0 bridgehead atoms. The van der Waals surface area contributed by atoms with Gasteiger partial charge in [-0.2, -0.15) is 0 Å². The zero-order chi connectivity index (χ0) is 23.0. The summed E-state index contributed by atoms with van der Waals surface area (Å²) < 4.78 is 78.0. The van der Waals surface area contributed by atoms with Crippen LogP contribution < -0.4 is 5.59 Å². The molecule has 1 saturated heterocycles. The number of hydrogen-bond acceptors (Lipinski definition) is 5. The van der Waals surface area contributed by atoms with E-state index in [0.717, 1.165) is 0 Å². The van der Waals surface area contributed by atoms with Crippen LogP contribution >= 0.6 is 0 Å². The van der Waals surface area contributed by atoms with Crippen LogP contribution in [-0.2, 0) is 16.8 Å². The normalized spacial score (nSPS) is 18.8. The molecule has 0 aromatic rings. The maximum Gasteiger partial charge on any atom is 2.00 e. The molecular weight excluding hydrogens is 463 g/mol. The molecule has 1 fully saturated rings. The molecule has 0 aliphatic carbocycles. The van der Waals surface area contributed by atoms with E-state index in [1.165, 1.54) is 52.4 Å². The Labute approximate surface area is 177 Å². The Bertz CT molecular complexity index is 294. The van der Waals surface area contributed by atoms with Crippen molar-refractivity contribution in [1.29, 1.82) is 0 Å². The molecule has 29 heavy (non-hydrogen) atoms. The molecule has 178 valence electrons. The van der Waals surface area contributed by atoms with Gasteiger partial charge in [-0.15, -0.1) is 4.91 Å². The largest absolute Gasteiger partial charge is 2.00 e. The minimum absolute atomic E-state index is 0. The number of rotatable bonds is 0. The van der Waals surface area contributed by atoms with Crippen LogP contribution in [0.2, 0.25) is 0 Å². The summed E-state index contributed by atoms with van der Waals surface area (Å²) in [5, 5.41) is 0. The van der Waals surface area contributed by atoms with Crippen LogP contribution in [0.1, 0.15) is 0 Å². The van der Waals surface area contributed by atoms with E-state index in [1.54, 1.807) is 0 Å². The van der Waals surface area contributed by atoms with Crippen LogP contribution in [0.15, 0.2) is 0 Å². The monoisotopic (exact) mass is 491 g/mol. The minimum Gasteiger partial charge on any atom is -0.418 e. The predicted molar refractivity (Wildman–Crippen MR) is 95.9 cm³/mol. The van der Waals surface area contributed by atoms with Crippen molar-refractivity contribution in [3.8, 4) is 0 Å². The van der Waals surface area contributed by atoms with E-state index >= 15 is 0 Å². The molecule has 0 aromatic heterocycles. The molecule has 0 amide bonds. The van der Waals surface area contributed by atoms with Crippen LogP contribution in [0.25, 0.3) is 0 Å². The van der Waals surface area contributed by atoms with Crippen molar-refractivity contribution < 1.29 is 51.3 Å². The molecule has 0 atom stereocenters. The van der Waals surface area contributed by atoms with Crippen molar-refractivity contribution in [1.82, 2.24) is 25.2 Å². The van der Waals surface area contributed by atoms with Crippen molar-refractivity contribution in [2.45, 2.75) is 0 Å². The maximum atomic E-state index is 9.75. The predicted octanol–water partition coefficient (Wildman–Crippen LogP) is 1.88. The van der Waals surface area contributed by atoms with Crippen LogP contribution in [0.4, 0.5) is 34.5 Å². The average Bonchev–Trinajstić information content (AvgIpc) is 2.52. The van der Waals surface area contributed by atoms with Crippen LogP contribution in [0.5, 0.6) is 0 Å². The van der Waals surface area contributed by atoms with Gasteiger partial charge in [-0.25, -0.2) is 0 Å². The van der Waals surface area contributed by atoms with Gasteiger partial charge in [-0.05, 0) is 28.2 Å². The quantitative estimate of drug-likeness (QED) is 0.383. The summed E-state index contributed by atoms with van der Waals surface area (Å²) in [6, 6.07) is 0. The molecule has 6 nitrogen and oxygen atoms in total. The maximum absolute atomic E-state index is 9.75. The van der Waals surface area contributed by atoms with Gasteiger partial charge in [0.15, 0.2) is 0 Å². The molecule has 1 heterocycles. The molecule has 0 N–H and O–H groups in total. The summed E-state index contributed by atoms with van der Waals surface area (Å²) in [4.78, 5) is 17.0. The molecule has 2 radical (unpaired) electrons. The van der Waals surface area contributed by atoms with Gasteiger partial charge < -0.3 is 54.1 Å². The fraction of sp³-hybridized carbons (Fsp3) is 1.00. The van der Waals surface area contributed by atoms with Crippen LogP contribution in [-0.4, -0.2) is 115 Å². The first-order valence-corrected chi connectivity index (χ1v) is 8.25. The molecule has 17 heteroatoms. The molecule has 0 unspecified atom stereocenters. The summed E-state index contributed by atoms with van der Waals surface area (Å²) in [6.45, 7) is 9.40. The smallest absolute Gasteiger partial charge is 0.418 e. The van der Waals surface area contributed by atoms with E-state index in [2.05, 4.69) is 47.8 Å². The van der Waals surface area contributed by atoms with E-state index in [0.29, 0.717) is 0 Å². The van der Waals surface area contributed by atoms with Gasteiger partial charge in [0.2, 0.25) is 0 Å². The zero-order valence-electron chi connectivity index (χ0n) is 16.8. The Morgan fingerprint density at radius 3 is 0.621 bits per heavy atom. The molecule has 1 rings (SSSR count). The topological polar surface area (TPSA) is 52.3 Å². The standard InChI is InChI=1S/C12H28N4.2BF4.Co.NO/c1-13-5-7-14(2)9-11-16(4)12-10-15(3)8-6-13;2*2-1(3,4)5;;1-2/h5-12H2,1-4H3;;;;/q;2*-1;+2;. The number of halogens is 8. The summed E-state index contributed by atoms with van der Waals surface area (Å²) in [6.07, 6.45) is 0. The molecule has 1 aliphatic heterocycles. The van der Waals surface area contributed by atoms with Gasteiger partial charge in [0.25, 0.3) is 0 Å². The minimum atomic E-state index is -6.00. The second-order valence-electron chi connectivity index (χ2n) is 6.20. The number of nitroso groups, excluding NO2 is 1. The molecule has 0 saturated carbocycles. The number of likely N-dealkylation sites (N-methyl/N-ethyl adjacent to an activating group) is 4. The van der Waals surface area contributed by atoms with E-state index in [4.69, 9.17) is 10.5 Å². The van der Waals surface area contributed by atoms with Gasteiger partial charge in [0.05, 0.1) is 0 Å². The van der Waals surface area contributed by atoms with Crippen molar-refractivity contribution in [2.75, 3.05) is 80.5 Å². The summed E-state index contributed by atoms with van der Waals surface area (Å²) in [5.74, 6) is 0. The zero-order valence-corrected chi connectivity index (χ0v) is 17.9. The second kappa shape index (κ2) is 19.5. The first-order valence-electron chi connectivity index (χ1n) is 8.25. The fourth-order valence-corrected chi connectivity index (χ4v) is 1.81. The van der Waals surface area contributed by atoms with E-state index in [1.807, 2.05) is 0 Å². The fourth-order valence-electron chi connectivity index (χ4n) is 1.81. The summed E-state index contributed by atoms with van der Waals surface area (Å²) >= 11 is 0. The Morgan fingerprint density at radius 2 is 0.552 bits per heavy atom. The Hall–Kier alpha value is -0.484. The Morgan fingerprint density at radius 1 is 0.483 bits per heavy atom. The molecular formula is C12H28B2CoF8N5O. The van der Waals surface area contributed by atoms with Gasteiger partial charge >= 0.3 is 31.3 Å². The van der Waals surface area contributed by atoms with Crippen molar-refractivity contribution >= 4 is 14.5 Å². The Balaban J connectivity index is -0.000000200. The van der Waals surface area contributed by atoms with Crippen molar-refractivity contribution in [2.24, 2.45) is 0 Å². The number of hydrogen-bond donors (Lipinski definition) is 0. The first kappa shape index (κ1) is 35.9. The second-order valence-corrected chi connectivity index (χ2v) is 6.20. The third kappa shape index (κ3) is 47.0. The van der Waals surface area contributed by atoms with E-state index < -0.39 is 14.5 Å². The summed E-state index contributed by atoms with van der Waals surface area (Å²) in [5.41, 5.74) is 5.75. The van der Waals surface area contributed by atoms with Crippen molar-refractivity contribution in [3.63, 3.8) is 0 Å². The van der Waals surface area contributed by atoms with Crippen LogP contribution in [0, 0.1) is 4.91 Å². The summed E-state index contributed by atoms with van der Waals surface area (Å²) in [7, 11) is -3.11. The van der Waals surface area contributed by atoms with Gasteiger partial charge in [0, 0.05) is 52.4 Å².